The van der Waals surface area contributed by atoms with Gasteiger partial charge in [-0.3, -0.25) is 10.1 Å². The Morgan fingerprint density at radius 2 is 1.75 bits per heavy atom. The van der Waals surface area contributed by atoms with Crippen molar-refractivity contribution in [3.05, 3.63) is 23.8 Å². The third kappa shape index (κ3) is 4.61. The molecular weight excluding hydrogens is 316 g/mol. The van der Waals surface area contributed by atoms with Crippen LogP contribution in [0.5, 0.6) is 11.5 Å². The fourth-order valence-corrected chi connectivity index (χ4v) is 1.96. The van der Waals surface area contributed by atoms with Gasteiger partial charge in [-0.1, -0.05) is 0 Å². The van der Waals surface area contributed by atoms with Crippen LogP contribution in [0.2, 0.25) is 0 Å². The van der Waals surface area contributed by atoms with Gasteiger partial charge in [0.15, 0.2) is 17.6 Å². The molecule has 1 heterocycles. The van der Waals surface area contributed by atoms with Gasteiger partial charge in [0.25, 0.3) is 5.91 Å². The summed E-state index contributed by atoms with van der Waals surface area (Å²) in [6.07, 6.45) is -1.12. The zero-order valence-corrected chi connectivity index (χ0v) is 13.8. The second kappa shape index (κ2) is 7.67. The molecule has 1 atom stereocenters. The van der Waals surface area contributed by atoms with Gasteiger partial charge in [0.1, 0.15) is 13.2 Å². The molecule has 0 bridgehead atoms. The van der Waals surface area contributed by atoms with E-state index in [-0.39, 0.29) is 11.6 Å². The Kier molecular flexibility index (Phi) is 5.62. The molecule has 3 amide bonds. The van der Waals surface area contributed by atoms with E-state index in [0.29, 0.717) is 24.7 Å². The second-order valence-electron chi connectivity index (χ2n) is 5.52. The summed E-state index contributed by atoms with van der Waals surface area (Å²) in [7, 11) is 0. The van der Waals surface area contributed by atoms with E-state index < -0.39 is 24.0 Å². The molecule has 8 heteroatoms. The third-order valence-electron chi connectivity index (χ3n) is 3.09. The Morgan fingerprint density at radius 3 is 2.42 bits per heavy atom. The van der Waals surface area contributed by atoms with E-state index in [2.05, 4.69) is 10.6 Å². The molecule has 0 spiro atoms. The molecule has 1 aliphatic rings. The number of imide groups is 1. The molecule has 8 nitrogen and oxygen atoms in total. The van der Waals surface area contributed by atoms with Crippen LogP contribution >= 0.6 is 0 Å². The maximum absolute atomic E-state index is 12.1. The molecule has 0 radical (unpaired) electrons. The summed E-state index contributed by atoms with van der Waals surface area (Å²) < 4.78 is 15.8. The number of esters is 1. The molecule has 1 unspecified atom stereocenters. The second-order valence-corrected chi connectivity index (χ2v) is 5.52. The van der Waals surface area contributed by atoms with Gasteiger partial charge in [0.05, 0.1) is 5.56 Å². The molecule has 0 saturated carbocycles. The number of carbonyl (C=O) groups is 3. The summed E-state index contributed by atoms with van der Waals surface area (Å²) in [6, 6.07) is 3.86. The smallest absolute Gasteiger partial charge is 0.339 e. The number of ether oxygens (including phenoxy) is 3. The highest BCUT2D eigenvalue weighted by atomic mass is 16.6. The van der Waals surface area contributed by atoms with Crippen LogP contribution in [0.3, 0.4) is 0 Å². The lowest BCUT2D eigenvalue weighted by Crippen LogP contribution is -2.46. The lowest BCUT2D eigenvalue weighted by atomic mass is 10.2. The monoisotopic (exact) mass is 336 g/mol. The van der Waals surface area contributed by atoms with Crippen molar-refractivity contribution in [3.8, 4) is 11.5 Å². The minimum atomic E-state index is -1.12. The molecule has 24 heavy (non-hydrogen) atoms. The zero-order valence-electron chi connectivity index (χ0n) is 13.8. The molecule has 1 aliphatic heterocycles. The standard InChI is InChI=1S/C16H20N2O6/c1-9(2)17-16(21)18-14(19)10(3)24-15(20)11-4-5-12-13(8-11)23-7-6-22-12/h4-5,8-10H,6-7H2,1-3H3,(H2,17,18,19,21). The van der Waals surface area contributed by atoms with Crippen LogP contribution in [-0.2, 0) is 9.53 Å². The predicted octanol–water partition coefficient (Wildman–Crippen LogP) is 1.24. The number of carbonyl (C=O) groups excluding carboxylic acids is 3. The molecule has 0 fully saturated rings. The number of hydrogen-bond acceptors (Lipinski definition) is 6. The van der Waals surface area contributed by atoms with Crippen molar-refractivity contribution in [2.24, 2.45) is 0 Å². The van der Waals surface area contributed by atoms with Crippen LogP contribution < -0.4 is 20.1 Å². The largest absolute Gasteiger partial charge is 0.486 e. The van der Waals surface area contributed by atoms with Gasteiger partial charge in [0, 0.05) is 6.04 Å². The van der Waals surface area contributed by atoms with Gasteiger partial charge >= 0.3 is 12.0 Å². The molecule has 130 valence electrons. The van der Waals surface area contributed by atoms with Gasteiger partial charge in [-0.15, -0.1) is 0 Å². The molecule has 2 rings (SSSR count). The van der Waals surface area contributed by atoms with Crippen LogP contribution in [0, 0.1) is 0 Å². The quantitative estimate of drug-likeness (QED) is 0.802. The Morgan fingerprint density at radius 1 is 1.08 bits per heavy atom. The zero-order chi connectivity index (χ0) is 17.7. The summed E-state index contributed by atoms with van der Waals surface area (Å²) in [5.41, 5.74) is 0.227. The fourth-order valence-electron chi connectivity index (χ4n) is 1.96. The van der Waals surface area contributed by atoms with E-state index in [1.807, 2.05) is 0 Å². The first kappa shape index (κ1) is 17.6. The van der Waals surface area contributed by atoms with Gasteiger partial charge in [-0.05, 0) is 39.0 Å². The van der Waals surface area contributed by atoms with Crippen molar-refractivity contribution in [2.45, 2.75) is 32.9 Å². The molecule has 0 saturated heterocycles. The van der Waals surface area contributed by atoms with E-state index in [1.165, 1.54) is 19.1 Å². The van der Waals surface area contributed by atoms with Crippen LogP contribution in [0.25, 0.3) is 0 Å². The first-order valence-electron chi connectivity index (χ1n) is 7.59. The summed E-state index contributed by atoms with van der Waals surface area (Å²) in [4.78, 5) is 35.4. The average molecular weight is 336 g/mol. The maximum atomic E-state index is 12.1. The minimum absolute atomic E-state index is 0.117. The fraction of sp³-hybridized carbons (Fsp3) is 0.438. The van der Waals surface area contributed by atoms with E-state index >= 15 is 0 Å². The molecule has 1 aromatic carbocycles. The summed E-state index contributed by atoms with van der Waals surface area (Å²) in [5.74, 6) is -0.406. The normalized spacial score (nSPS) is 13.8. The van der Waals surface area contributed by atoms with Gasteiger partial charge in [0.2, 0.25) is 0 Å². The number of benzene rings is 1. The number of hydrogen-bond donors (Lipinski definition) is 2. The number of amides is 3. The maximum Gasteiger partial charge on any atom is 0.339 e. The van der Waals surface area contributed by atoms with Crippen molar-refractivity contribution >= 4 is 17.9 Å². The molecule has 2 N–H and O–H groups in total. The number of fused-ring (bicyclic) bond motifs is 1. The highest BCUT2D eigenvalue weighted by Crippen LogP contribution is 2.30. The molecule has 1 aromatic rings. The van der Waals surface area contributed by atoms with E-state index in [9.17, 15) is 14.4 Å². The molecule has 0 aromatic heterocycles. The van der Waals surface area contributed by atoms with Crippen molar-refractivity contribution in [1.82, 2.24) is 10.6 Å². The van der Waals surface area contributed by atoms with E-state index in [0.717, 1.165) is 0 Å². The highest BCUT2D eigenvalue weighted by Gasteiger charge is 2.22. The van der Waals surface area contributed by atoms with Crippen molar-refractivity contribution in [2.75, 3.05) is 13.2 Å². The topological polar surface area (TPSA) is 103 Å². The van der Waals surface area contributed by atoms with Crippen LogP contribution in [-0.4, -0.2) is 43.3 Å². The summed E-state index contributed by atoms with van der Waals surface area (Å²) >= 11 is 0. The highest BCUT2D eigenvalue weighted by molar-refractivity contribution is 5.98. The first-order valence-corrected chi connectivity index (χ1v) is 7.59. The van der Waals surface area contributed by atoms with Crippen LogP contribution in [0.1, 0.15) is 31.1 Å². The Bertz CT molecular complexity index is 643. The molecular formula is C16H20N2O6. The number of urea groups is 1. The van der Waals surface area contributed by atoms with E-state index in [4.69, 9.17) is 14.2 Å². The lowest BCUT2D eigenvalue weighted by Gasteiger charge is -2.19. The minimum Gasteiger partial charge on any atom is -0.486 e. The summed E-state index contributed by atoms with van der Waals surface area (Å²) in [6.45, 7) is 5.75. The lowest BCUT2D eigenvalue weighted by molar-refractivity contribution is -0.127. The van der Waals surface area contributed by atoms with Gasteiger partial charge in [-0.25, -0.2) is 9.59 Å². The van der Waals surface area contributed by atoms with Crippen LogP contribution in [0.4, 0.5) is 4.79 Å². The SMILES string of the molecule is CC(C)NC(=O)NC(=O)C(C)OC(=O)c1ccc2c(c1)OCCO2. The number of rotatable bonds is 4. The Balaban J connectivity index is 1.93. The Labute approximate surface area is 139 Å². The van der Waals surface area contributed by atoms with Crippen LogP contribution in [0.15, 0.2) is 18.2 Å². The van der Waals surface area contributed by atoms with Gasteiger partial charge in [-0.2, -0.15) is 0 Å². The van der Waals surface area contributed by atoms with Crippen molar-refractivity contribution in [3.63, 3.8) is 0 Å². The van der Waals surface area contributed by atoms with Crippen molar-refractivity contribution in [1.29, 1.82) is 0 Å². The van der Waals surface area contributed by atoms with E-state index in [1.54, 1.807) is 19.9 Å². The molecule has 0 aliphatic carbocycles. The number of nitrogens with one attached hydrogen (secondary N) is 2. The summed E-state index contributed by atoms with van der Waals surface area (Å²) in [5, 5.41) is 4.61. The predicted molar refractivity (Wildman–Crippen MR) is 84.1 cm³/mol. The Hall–Kier alpha value is -2.77. The van der Waals surface area contributed by atoms with Gasteiger partial charge < -0.3 is 19.5 Å². The first-order chi connectivity index (χ1) is 11.4. The average Bonchev–Trinajstić information content (AvgIpc) is 2.53. The third-order valence-corrected chi connectivity index (χ3v) is 3.09. The van der Waals surface area contributed by atoms with Crippen molar-refractivity contribution < 1.29 is 28.6 Å².